The summed E-state index contributed by atoms with van der Waals surface area (Å²) in [5.74, 6) is 0.0604. The van der Waals surface area contributed by atoms with Crippen LogP contribution in [0.1, 0.15) is 24.8 Å². The first-order valence-electron chi connectivity index (χ1n) is 8.89. The molecule has 25 heavy (non-hydrogen) atoms. The number of carbonyl (C=O) groups is 2. The Morgan fingerprint density at radius 2 is 1.96 bits per heavy atom. The van der Waals surface area contributed by atoms with Crippen LogP contribution in [-0.4, -0.2) is 61.5 Å². The zero-order valence-corrected chi connectivity index (χ0v) is 14.8. The van der Waals surface area contributed by atoms with Gasteiger partial charge in [0.05, 0.1) is 13.7 Å². The second-order valence-corrected chi connectivity index (χ2v) is 7.12. The number of ether oxygens (including phenoxy) is 1. The van der Waals surface area contributed by atoms with E-state index in [4.69, 9.17) is 4.74 Å². The summed E-state index contributed by atoms with van der Waals surface area (Å²) < 4.78 is 4.73. The van der Waals surface area contributed by atoms with E-state index in [9.17, 15) is 9.59 Å². The Kier molecular flexibility index (Phi) is 5.53. The smallest absolute Gasteiger partial charge is 0.319 e. The molecule has 0 radical (unpaired) electrons. The predicted octanol–water partition coefficient (Wildman–Crippen LogP) is 2.19. The highest BCUT2D eigenvalue weighted by atomic mass is 16.5. The molecule has 0 unspecified atom stereocenters. The number of benzene rings is 1. The average molecular weight is 342 g/mol. The van der Waals surface area contributed by atoms with Gasteiger partial charge in [0.1, 0.15) is 0 Å². The summed E-state index contributed by atoms with van der Waals surface area (Å²) in [7, 11) is 1.42. The molecule has 1 aromatic rings. The molecule has 1 amide bonds. The summed E-state index contributed by atoms with van der Waals surface area (Å²) in [6.07, 6.45) is 6.71. The first kappa shape index (κ1) is 17.7. The fourth-order valence-electron chi connectivity index (χ4n) is 3.80. The van der Waals surface area contributed by atoms with Gasteiger partial charge in [-0.15, -0.1) is 0 Å². The Morgan fingerprint density at radius 1 is 1.24 bits per heavy atom. The molecule has 2 aliphatic heterocycles. The number of amides is 1. The Morgan fingerprint density at radius 3 is 2.64 bits per heavy atom. The maximum atomic E-state index is 12.4. The van der Waals surface area contributed by atoms with E-state index in [1.54, 1.807) is 0 Å². The predicted molar refractivity (Wildman–Crippen MR) is 96.8 cm³/mol. The van der Waals surface area contributed by atoms with E-state index < -0.39 is 0 Å². The maximum absolute atomic E-state index is 12.4. The van der Waals surface area contributed by atoms with Gasteiger partial charge in [0.25, 0.3) is 0 Å². The van der Waals surface area contributed by atoms with Crippen molar-refractivity contribution in [2.75, 3.05) is 39.8 Å². The van der Waals surface area contributed by atoms with Crippen molar-refractivity contribution in [3.8, 4) is 0 Å². The Bertz CT molecular complexity index is 634. The quantitative estimate of drug-likeness (QED) is 0.770. The molecule has 1 aromatic carbocycles. The topological polar surface area (TPSA) is 49.9 Å². The minimum atomic E-state index is -0.189. The molecule has 2 saturated heterocycles. The highest BCUT2D eigenvalue weighted by molar-refractivity contribution is 5.80. The summed E-state index contributed by atoms with van der Waals surface area (Å²) in [4.78, 5) is 27.9. The number of hydrogen-bond acceptors (Lipinski definition) is 4. The number of carbonyl (C=O) groups excluding carboxylic acids is 2. The molecule has 2 aliphatic rings. The van der Waals surface area contributed by atoms with Gasteiger partial charge in [-0.1, -0.05) is 42.5 Å². The lowest BCUT2D eigenvalue weighted by Crippen LogP contribution is -2.43. The van der Waals surface area contributed by atoms with Crippen molar-refractivity contribution in [2.24, 2.45) is 5.41 Å². The van der Waals surface area contributed by atoms with Crippen molar-refractivity contribution in [3.63, 3.8) is 0 Å². The van der Waals surface area contributed by atoms with Crippen molar-refractivity contribution in [3.05, 3.63) is 42.0 Å². The molecule has 134 valence electrons. The summed E-state index contributed by atoms with van der Waals surface area (Å²) in [5.41, 5.74) is 1.24. The van der Waals surface area contributed by atoms with Crippen LogP contribution in [-0.2, 0) is 14.3 Å². The Balaban J connectivity index is 1.51. The molecule has 5 heteroatoms. The van der Waals surface area contributed by atoms with Gasteiger partial charge in [0.2, 0.25) is 5.91 Å². The number of esters is 1. The van der Waals surface area contributed by atoms with E-state index in [2.05, 4.69) is 29.2 Å². The maximum Gasteiger partial charge on any atom is 0.319 e. The van der Waals surface area contributed by atoms with Gasteiger partial charge >= 0.3 is 5.97 Å². The van der Waals surface area contributed by atoms with Crippen LogP contribution in [0.3, 0.4) is 0 Å². The molecule has 0 aromatic heterocycles. The average Bonchev–Trinajstić information content (AvgIpc) is 2.93. The van der Waals surface area contributed by atoms with Crippen molar-refractivity contribution in [2.45, 2.75) is 19.3 Å². The molecule has 2 fully saturated rings. The highest BCUT2D eigenvalue weighted by Crippen LogP contribution is 2.40. The molecule has 3 rings (SSSR count). The third-order valence-electron chi connectivity index (χ3n) is 5.34. The van der Waals surface area contributed by atoms with Gasteiger partial charge in [-0.25, -0.2) is 0 Å². The highest BCUT2D eigenvalue weighted by Gasteiger charge is 2.44. The van der Waals surface area contributed by atoms with Crippen LogP contribution in [0.4, 0.5) is 0 Å². The van der Waals surface area contributed by atoms with Crippen LogP contribution in [0.15, 0.2) is 36.4 Å². The van der Waals surface area contributed by atoms with E-state index in [-0.39, 0.29) is 17.3 Å². The lowest BCUT2D eigenvalue weighted by Gasteiger charge is -2.38. The van der Waals surface area contributed by atoms with Crippen LogP contribution >= 0.6 is 0 Å². The fourth-order valence-corrected chi connectivity index (χ4v) is 3.80. The standard InChI is InChI=1S/C20H26N2O3/c1-25-19(24)15-21-12-9-20(10-13-21)14-18(23)22(16-20)11-5-8-17-6-3-2-4-7-17/h2-8H,9-16H2,1H3. The normalized spacial score (nSPS) is 20.5. The third kappa shape index (κ3) is 4.48. The van der Waals surface area contributed by atoms with Gasteiger partial charge in [-0.2, -0.15) is 0 Å². The van der Waals surface area contributed by atoms with Gasteiger partial charge in [-0.3, -0.25) is 14.5 Å². The molecule has 0 atom stereocenters. The summed E-state index contributed by atoms with van der Waals surface area (Å²) in [6.45, 7) is 3.56. The zero-order chi connectivity index (χ0) is 17.7. The van der Waals surface area contributed by atoms with E-state index in [1.165, 1.54) is 7.11 Å². The van der Waals surface area contributed by atoms with Crippen molar-refractivity contribution in [1.29, 1.82) is 0 Å². The van der Waals surface area contributed by atoms with Crippen LogP contribution in [0, 0.1) is 5.41 Å². The minimum absolute atomic E-state index is 0.0876. The van der Waals surface area contributed by atoms with Crippen molar-refractivity contribution < 1.29 is 14.3 Å². The van der Waals surface area contributed by atoms with E-state index in [0.29, 0.717) is 19.5 Å². The summed E-state index contributed by atoms with van der Waals surface area (Å²) in [5, 5.41) is 0. The van der Waals surface area contributed by atoms with Crippen molar-refractivity contribution >= 4 is 18.0 Å². The molecule has 0 bridgehead atoms. The van der Waals surface area contributed by atoms with Gasteiger partial charge in [0, 0.05) is 19.5 Å². The van der Waals surface area contributed by atoms with E-state index in [0.717, 1.165) is 38.0 Å². The van der Waals surface area contributed by atoms with Crippen LogP contribution in [0.25, 0.3) is 6.08 Å². The number of hydrogen-bond donors (Lipinski definition) is 0. The number of nitrogens with zero attached hydrogens (tertiary/aromatic N) is 2. The van der Waals surface area contributed by atoms with Crippen LogP contribution in [0.2, 0.25) is 0 Å². The second-order valence-electron chi connectivity index (χ2n) is 7.12. The molecule has 0 N–H and O–H groups in total. The number of piperidine rings is 1. The number of likely N-dealkylation sites (tertiary alicyclic amines) is 2. The lowest BCUT2D eigenvalue weighted by molar-refractivity contribution is -0.142. The minimum Gasteiger partial charge on any atom is -0.468 e. The first-order valence-corrected chi connectivity index (χ1v) is 8.89. The zero-order valence-electron chi connectivity index (χ0n) is 14.8. The molecule has 1 spiro atoms. The monoisotopic (exact) mass is 342 g/mol. The summed E-state index contributed by atoms with van der Waals surface area (Å²) in [6, 6.07) is 10.1. The fraction of sp³-hybridized carbons (Fsp3) is 0.500. The van der Waals surface area contributed by atoms with Crippen LogP contribution in [0.5, 0.6) is 0 Å². The summed E-state index contributed by atoms with van der Waals surface area (Å²) >= 11 is 0. The molecular formula is C20H26N2O3. The SMILES string of the molecule is COC(=O)CN1CCC2(CC1)CC(=O)N(CC=Cc1ccccc1)C2. The largest absolute Gasteiger partial charge is 0.468 e. The third-order valence-corrected chi connectivity index (χ3v) is 5.34. The van der Waals surface area contributed by atoms with Gasteiger partial charge in [0.15, 0.2) is 0 Å². The molecule has 5 nitrogen and oxygen atoms in total. The van der Waals surface area contributed by atoms with E-state index in [1.807, 2.05) is 23.1 Å². The van der Waals surface area contributed by atoms with Crippen molar-refractivity contribution in [1.82, 2.24) is 9.80 Å². The van der Waals surface area contributed by atoms with Gasteiger partial charge in [-0.05, 0) is 36.9 Å². The molecular weight excluding hydrogens is 316 g/mol. The Hall–Kier alpha value is -2.14. The molecule has 0 aliphatic carbocycles. The van der Waals surface area contributed by atoms with Crippen LogP contribution < -0.4 is 0 Å². The Labute approximate surface area is 149 Å². The van der Waals surface area contributed by atoms with E-state index >= 15 is 0 Å². The second kappa shape index (κ2) is 7.83. The molecule has 2 heterocycles. The number of rotatable bonds is 5. The lowest BCUT2D eigenvalue weighted by atomic mass is 9.77. The van der Waals surface area contributed by atoms with Gasteiger partial charge < -0.3 is 9.64 Å². The number of methoxy groups -OCH3 is 1. The first-order chi connectivity index (χ1) is 12.1. The molecule has 0 saturated carbocycles.